The number of nitrogens with zero attached hydrogens (tertiary/aromatic N) is 1. The third kappa shape index (κ3) is 5.87. The van der Waals surface area contributed by atoms with E-state index in [1.165, 1.54) is 10.4 Å². The molecule has 0 radical (unpaired) electrons. The summed E-state index contributed by atoms with van der Waals surface area (Å²) in [5, 5.41) is 0. The second kappa shape index (κ2) is 10.3. The van der Waals surface area contributed by atoms with Gasteiger partial charge in [-0.15, -0.1) is 0 Å². The van der Waals surface area contributed by atoms with Crippen molar-refractivity contribution in [3.63, 3.8) is 0 Å². The first kappa shape index (κ1) is 23.3. The highest BCUT2D eigenvalue weighted by atomic mass is 32.2. The molecular formula is C24H27NO4S2. The number of thioether (sulfide) groups is 1. The number of rotatable bonds is 7. The smallest absolute Gasteiger partial charge is 0.330 e. The van der Waals surface area contributed by atoms with Crippen molar-refractivity contribution in [2.24, 2.45) is 0 Å². The molecule has 164 valence electrons. The predicted molar refractivity (Wildman–Crippen MR) is 124 cm³/mol. The van der Waals surface area contributed by atoms with Crippen molar-refractivity contribution >= 4 is 27.8 Å². The van der Waals surface area contributed by atoms with Gasteiger partial charge in [-0.1, -0.05) is 59.8 Å². The topological polar surface area (TPSA) is 63.7 Å². The fourth-order valence-electron chi connectivity index (χ4n) is 3.49. The van der Waals surface area contributed by atoms with Crippen LogP contribution in [0.15, 0.2) is 87.5 Å². The molecule has 31 heavy (non-hydrogen) atoms. The summed E-state index contributed by atoms with van der Waals surface area (Å²) >= 11 is 1.62. The fraction of sp³-hybridized carbons (Fsp3) is 0.292. The molecule has 0 bridgehead atoms. The lowest BCUT2D eigenvalue weighted by Gasteiger charge is -2.37. The molecule has 0 N–H and O–H groups in total. The molecule has 7 heteroatoms. The molecule has 0 spiro atoms. The summed E-state index contributed by atoms with van der Waals surface area (Å²) in [6.07, 6.45) is 5.43. The summed E-state index contributed by atoms with van der Waals surface area (Å²) in [4.78, 5) is 14.3. The van der Waals surface area contributed by atoms with E-state index in [9.17, 15) is 13.2 Å². The Hall–Kier alpha value is -2.35. The van der Waals surface area contributed by atoms with Gasteiger partial charge in [-0.05, 0) is 56.4 Å². The highest BCUT2D eigenvalue weighted by Crippen LogP contribution is 2.37. The molecule has 1 aliphatic heterocycles. The van der Waals surface area contributed by atoms with Gasteiger partial charge < -0.3 is 4.74 Å². The molecule has 0 amide bonds. The molecule has 0 fully saturated rings. The first-order valence-electron chi connectivity index (χ1n) is 10.2. The van der Waals surface area contributed by atoms with Crippen LogP contribution >= 0.6 is 11.8 Å². The van der Waals surface area contributed by atoms with Gasteiger partial charge in [-0.3, -0.25) is 0 Å². The minimum atomic E-state index is -3.76. The zero-order valence-corrected chi connectivity index (χ0v) is 19.5. The molecule has 5 nitrogen and oxygen atoms in total. The number of benzene rings is 2. The normalized spacial score (nSPS) is 19.9. The standard InChI is InChI=1S/C24H27NO4S2/c1-4-29-24(26)15-12-20-17-22(30-21-8-6-5-7-9-21)16-19(3)25(20)31(27,28)23-13-10-18(2)11-14-23/h5-16,19-20H,4,17H2,1-3H3/b15-12+/t19-,20+/m0/s1. The van der Waals surface area contributed by atoms with Crippen LogP contribution in [0.1, 0.15) is 25.8 Å². The van der Waals surface area contributed by atoms with E-state index in [0.717, 1.165) is 15.4 Å². The maximum absolute atomic E-state index is 13.5. The zero-order valence-electron chi connectivity index (χ0n) is 17.9. The Morgan fingerprint density at radius 3 is 2.48 bits per heavy atom. The Morgan fingerprint density at radius 1 is 1.16 bits per heavy atom. The molecule has 0 unspecified atom stereocenters. The second-order valence-electron chi connectivity index (χ2n) is 7.32. The highest BCUT2D eigenvalue weighted by Gasteiger charge is 2.37. The van der Waals surface area contributed by atoms with Crippen LogP contribution in [0, 0.1) is 6.92 Å². The van der Waals surface area contributed by atoms with Gasteiger partial charge in [0.1, 0.15) is 0 Å². The van der Waals surface area contributed by atoms with Crippen molar-refractivity contribution in [1.29, 1.82) is 0 Å². The summed E-state index contributed by atoms with van der Waals surface area (Å²) in [6.45, 7) is 5.78. The maximum atomic E-state index is 13.5. The molecule has 0 aliphatic carbocycles. The van der Waals surface area contributed by atoms with Gasteiger partial charge in [0, 0.05) is 23.1 Å². The third-order valence-corrected chi connectivity index (χ3v) is 7.99. The molecule has 1 aliphatic rings. The van der Waals surface area contributed by atoms with Crippen molar-refractivity contribution < 1.29 is 17.9 Å². The molecule has 3 rings (SSSR count). The molecule has 2 atom stereocenters. The van der Waals surface area contributed by atoms with Gasteiger partial charge in [0.15, 0.2) is 0 Å². The van der Waals surface area contributed by atoms with E-state index in [4.69, 9.17) is 4.74 Å². The van der Waals surface area contributed by atoms with Gasteiger partial charge in [0.2, 0.25) is 10.0 Å². The van der Waals surface area contributed by atoms with Gasteiger partial charge in [-0.2, -0.15) is 4.31 Å². The Balaban J connectivity index is 1.95. The van der Waals surface area contributed by atoms with Crippen LogP contribution < -0.4 is 0 Å². The van der Waals surface area contributed by atoms with E-state index in [1.54, 1.807) is 49.0 Å². The lowest BCUT2D eigenvalue weighted by Crippen LogP contribution is -2.46. The van der Waals surface area contributed by atoms with Crippen LogP contribution in [0.4, 0.5) is 0 Å². The summed E-state index contributed by atoms with van der Waals surface area (Å²) in [5.74, 6) is -0.477. The largest absolute Gasteiger partial charge is 0.463 e. The van der Waals surface area contributed by atoms with E-state index in [2.05, 4.69) is 0 Å². The number of hydrogen-bond donors (Lipinski definition) is 0. The molecule has 0 aromatic heterocycles. The second-order valence-corrected chi connectivity index (χ2v) is 10.4. The Morgan fingerprint density at radius 2 is 1.84 bits per heavy atom. The SMILES string of the molecule is CCOC(=O)/C=C/[C@@H]1CC(Sc2ccccc2)=C[C@H](C)N1S(=O)(=O)c1ccc(C)cc1. The number of ether oxygens (including phenoxy) is 1. The van der Waals surface area contributed by atoms with Crippen molar-refractivity contribution in [2.45, 2.75) is 49.1 Å². The minimum Gasteiger partial charge on any atom is -0.463 e. The Kier molecular flexibility index (Phi) is 7.75. The van der Waals surface area contributed by atoms with E-state index >= 15 is 0 Å². The van der Waals surface area contributed by atoms with Crippen molar-refractivity contribution in [2.75, 3.05) is 6.61 Å². The number of sulfonamides is 1. The maximum Gasteiger partial charge on any atom is 0.330 e. The summed E-state index contributed by atoms with van der Waals surface area (Å²) < 4.78 is 33.5. The van der Waals surface area contributed by atoms with Gasteiger partial charge in [-0.25, -0.2) is 13.2 Å². The minimum absolute atomic E-state index is 0.243. The number of carbonyl (C=O) groups excluding carboxylic acids is 1. The summed E-state index contributed by atoms with van der Waals surface area (Å²) in [5.41, 5.74) is 0.992. The van der Waals surface area contributed by atoms with Crippen LogP contribution in [0.25, 0.3) is 0 Å². The van der Waals surface area contributed by atoms with E-state index in [0.29, 0.717) is 6.42 Å². The van der Waals surface area contributed by atoms with E-state index in [-0.39, 0.29) is 17.5 Å². The van der Waals surface area contributed by atoms with Gasteiger partial charge in [0.05, 0.1) is 11.5 Å². The molecule has 2 aromatic carbocycles. The van der Waals surface area contributed by atoms with Crippen LogP contribution in [-0.2, 0) is 19.6 Å². The predicted octanol–water partition coefficient (Wildman–Crippen LogP) is 4.94. The number of carbonyl (C=O) groups is 1. The third-order valence-electron chi connectivity index (χ3n) is 4.90. The van der Waals surface area contributed by atoms with Crippen molar-refractivity contribution in [1.82, 2.24) is 4.31 Å². The zero-order chi connectivity index (χ0) is 22.4. The fourth-order valence-corrected chi connectivity index (χ4v) is 6.32. The van der Waals surface area contributed by atoms with E-state index in [1.807, 2.05) is 50.3 Å². The molecule has 0 saturated heterocycles. The average Bonchev–Trinajstić information content (AvgIpc) is 2.73. The molecular weight excluding hydrogens is 430 g/mol. The van der Waals surface area contributed by atoms with Crippen LogP contribution in [-0.4, -0.2) is 37.4 Å². The van der Waals surface area contributed by atoms with Gasteiger partial charge in [0.25, 0.3) is 0 Å². The Labute approximate surface area is 188 Å². The van der Waals surface area contributed by atoms with Crippen LogP contribution in [0.5, 0.6) is 0 Å². The molecule has 2 aromatic rings. The monoisotopic (exact) mass is 457 g/mol. The number of hydrogen-bond acceptors (Lipinski definition) is 5. The first-order chi connectivity index (χ1) is 14.8. The van der Waals surface area contributed by atoms with Crippen molar-refractivity contribution in [3.8, 4) is 0 Å². The molecule has 1 heterocycles. The quantitative estimate of drug-likeness (QED) is 0.435. The number of esters is 1. The number of aryl methyl sites for hydroxylation is 1. The van der Waals surface area contributed by atoms with E-state index < -0.39 is 22.0 Å². The molecule has 0 saturated carbocycles. The summed E-state index contributed by atoms with van der Waals surface area (Å²) in [6, 6.07) is 15.9. The van der Waals surface area contributed by atoms with Crippen LogP contribution in [0.3, 0.4) is 0 Å². The average molecular weight is 458 g/mol. The first-order valence-corrected chi connectivity index (χ1v) is 12.5. The lowest BCUT2D eigenvalue weighted by molar-refractivity contribution is -0.137. The van der Waals surface area contributed by atoms with Gasteiger partial charge >= 0.3 is 5.97 Å². The van der Waals surface area contributed by atoms with Crippen LogP contribution in [0.2, 0.25) is 0 Å². The highest BCUT2D eigenvalue weighted by molar-refractivity contribution is 8.03. The summed E-state index contributed by atoms with van der Waals surface area (Å²) in [7, 11) is -3.76. The Bertz CT molecular complexity index is 1060. The van der Waals surface area contributed by atoms with Crippen molar-refractivity contribution in [3.05, 3.63) is 83.3 Å². The lowest BCUT2D eigenvalue weighted by atomic mass is 10.1.